The Morgan fingerprint density at radius 1 is 0.292 bits per heavy atom. The average molecular weight is 832 g/mol. The molecule has 2 aliphatic carbocycles. The van der Waals surface area contributed by atoms with Gasteiger partial charge >= 0.3 is 0 Å². The fourth-order valence-electron chi connectivity index (χ4n) is 11.2. The van der Waals surface area contributed by atoms with E-state index in [1.165, 1.54) is 99.8 Å². The van der Waals surface area contributed by atoms with Crippen LogP contribution in [0.5, 0.6) is 0 Å². The topological polar surface area (TPSA) is 3.24 Å². The Balaban J connectivity index is 1.01. The Morgan fingerprint density at radius 2 is 0.754 bits per heavy atom. The number of benzene rings is 10. The zero-order valence-electron chi connectivity index (χ0n) is 37.3. The molecule has 0 radical (unpaired) electrons. The maximum absolute atomic E-state index is 2.45. The molecular formula is C64H49N. The Labute approximate surface area is 383 Å². The van der Waals surface area contributed by atoms with Gasteiger partial charge in [-0.1, -0.05) is 216 Å². The molecule has 12 rings (SSSR count). The third-order valence-corrected chi connectivity index (χ3v) is 14.5. The lowest BCUT2D eigenvalue weighted by Gasteiger charge is -2.29. The van der Waals surface area contributed by atoms with Gasteiger partial charge in [0.05, 0.1) is 5.69 Å². The van der Waals surface area contributed by atoms with Crippen LogP contribution in [0, 0.1) is 0 Å². The molecule has 10 aromatic carbocycles. The van der Waals surface area contributed by atoms with Crippen molar-refractivity contribution in [3.63, 3.8) is 0 Å². The van der Waals surface area contributed by atoms with Gasteiger partial charge in [-0.05, 0) is 131 Å². The van der Waals surface area contributed by atoms with Gasteiger partial charge in [-0.3, -0.25) is 0 Å². The summed E-state index contributed by atoms with van der Waals surface area (Å²) < 4.78 is 0. The summed E-state index contributed by atoms with van der Waals surface area (Å²) in [5.41, 5.74) is 23.9. The average Bonchev–Trinajstić information content (AvgIpc) is 3.74. The van der Waals surface area contributed by atoms with Crippen LogP contribution < -0.4 is 4.90 Å². The molecule has 0 saturated heterocycles. The maximum Gasteiger partial charge on any atom is 0.0540 e. The van der Waals surface area contributed by atoms with Crippen molar-refractivity contribution in [3.8, 4) is 66.8 Å². The molecule has 10 aromatic rings. The quantitative estimate of drug-likeness (QED) is 0.155. The first-order chi connectivity index (χ1) is 31.8. The molecule has 310 valence electrons. The van der Waals surface area contributed by atoms with Crippen molar-refractivity contribution >= 4 is 27.8 Å². The normalized spacial score (nSPS) is 13.8. The molecule has 0 spiro atoms. The number of rotatable bonds is 7. The lowest BCUT2D eigenvalue weighted by Crippen LogP contribution is -2.15. The number of hydrogen-bond acceptors (Lipinski definition) is 1. The van der Waals surface area contributed by atoms with E-state index in [0.29, 0.717) is 0 Å². The van der Waals surface area contributed by atoms with Crippen molar-refractivity contribution in [1.29, 1.82) is 0 Å². The monoisotopic (exact) mass is 831 g/mol. The van der Waals surface area contributed by atoms with Gasteiger partial charge in [0.1, 0.15) is 0 Å². The van der Waals surface area contributed by atoms with Gasteiger partial charge in [-0.25, -0.2) is 0 Å². The second-order valence-corrected chi connectivity index (χ2v) is 18.9. The van der Waals surface area contributed by atoms with Gasteiger partial charge in [0.2, 0.25) is 0 Å². The Morgan fingerprint density at radius 3 is 1.45 bits per heavy atom. The number of anilines is 3. The van der Waals surface area contributed by atoms with E-state index in [9.17, 15) is 0 Å². The molecule has 0 bridgehead atoms. The summed E-state index contributed by atoms with van der Waals surface area (Å²) in [6, 6.07) is 83.3. The molecule has 0 aromatic heterocycles. The number of hydrogen-bond donors (Lipinski definition) is 0. The van der Waals surface area contributed by atoms with Gasteiger partial charge in [0.25, 0.3) is 0 Å². The molecule has 0 aliphatic heterocycles. The maximum atomic E-state index is 2.45. The summed E-state index contributed by atoms with van der Waals surface area (Å²) in [7, 11) is 0. The molecule has 2 aliphatic rings. The van der Waals surface area contributed by atoms with Crippen LogP contribution in [0.2, 0.25) is 0 Å². The largest absolute Gasteiger partial charge is 0.310 e. The summed E-state index contributed by atoms with van der Waals surface area (Å²) in [5.74, 6) is 0. The van der Waals surface area contributed by atoms with Gasteiger partial charge < -0.3 is 4.90 Å². The predicted molar refractivity (Wildman–Crippen MR) is 276 cm³/mol. The van der Waals surface area contributed by atoms with Crippen LogP contribution in [-0.4, -0.2) is 0 Å². The van der Waals surface area contributed by atoms with Crippen LogP contribution in [0.1, 0.15) is 49.9 Å². The first-order valence-electron chi connectivity index (χ1n) is 22.9. The molecular weight excluding hydrogens is 783 g/mol. The SMILES string of the molecule is CC1(C)c2ccccc2-c2cc(-c3ccc(N(c4ccc(-c5cccc6cccc(-c7ccccc7)c56)cc4)c4ccccc4-c4cccc5c4-c4ccccc4C5(C)C)cc3)ccc21. The van der Waals surface area contributed by atoms with Crippen molar-refractivity contribution in [2.24, 2.45) is 0 Å². The molecule has 0 amide bonds. The lowest BCUT2D eigenvalue weighted by molar-refractivity contribution is 0.660. The van der Waals surface area contributed by atoms with E-state index in [4.69, 9.17) is 0 Å². The first-order valence-corrected chi connectivity index (χ1v) is 22.9. The van der Waals surface area contributed by atoms with E-state index in [-0.39, 0.29) is 10.8 Å². The summed E-state index contributed by atoms with van der Waals surface area (Å²) >= 11 is 0. The minimum absolute atomic E-state index is 0.0216. The van der Waals surface area contributed by atoms with Crippen LogP contribution in [0.15, 0.2) is 224 Å². The zero-order valence-corrected chi connectivity index (χ0v) is 37.3. The van der Waals surface area contributed by atoms with Gasteiger partial charge in [0, 0.05) is 27.8 Å². The highest BCUT2D eigenvalue weighted by atomic mass is 15.1. The molecule has 0 N–H and O–H groups in total. The zero-order chi connectivity index (χ0) is 43.9. The van der Waals surface area contributed by atoms with E-state index in [2.05, 4.69) is 257 Å². The molecule has 0 fully saturated rings. The van der Waals surface area contributed by atoms with E-state index in [1.54, 1.807) is 0 Å². The highest BCUT2D eigenvalue weighted by Crippen LogP contribution is 2.54. The van der Waals surface area contributed by atoms with E-state index in [1.807, 2.05) is 0 Å². The fourth-order valence-corrected chi connectivity index (χ4v) is 11.2. The Kier molecular flexibility index (Phi) is 8.94. The number of para-hydroxylation sites is 1. The van der Waals surface area contributed by atoms with E-state index in [0.717, 1.165) is 17.1 Å². The first kappa shape index (κ1) is 38.9. The van der Waals surface area contributed by atoms with Crippen LogP contribution >= 0.6 is 0 Å². The number of nitrogens with zero attached hydrogens (tertiary/aromatic N) is 1. The Hall–Kier alpha value is -7.74. The molecule has 0 atom stereocenters. The molecule has 0 unspecified atom stereocenters. The van der Waals surface area contributed by atoms with Crippen LogP contribution in [0.25, 0.3) is 77.5 Å². The summed E-state index contributed by atoms with van der Waals surface area (Å²) in [5, 5.41) is 2.51. The highest BCUT2D eigenvalue weighted by Gasteiger charge is 2.37. The van der Waals surface area contributed by atoms with E-state index >= 15 is 0 Å². The minimum Gasteiger partial charge on any atom is -0.310 e. The summed E-state index contributed by atoms with van der Waals surface area (Å²) in [4.78, 5) is 2.45. The standard InChI is InChI=1S/C64H49N/c1-63(2)56-27-11-8-21-51(56)55-41-46(35-40-58(55)63)42-31-36-47(37-32-42)65(60-30-13-10-22-52(60)53-26-16-29-59-62(53)54-23-9-12-28-57(54)64(59,3)4)48-38-33-44(34-39-48)50-25-15-20-45-19-14-24-49(61(45)50)43-17-6-5-7-18-43/h5-41H,1-4H3. The van der Waals surface area contributed by atoms with Crippen molar-refractivity contribution in [3.05, 3.63) is 247 Å². The molecule has 0 saturated carbocycles. The summed E-state index contributed by atoms with van der Waals surface area (Å²) in [6.07, 6.45) is 0. The van der Waals surface area contributed by atoms with Crippen LogP contribution in [-0.2, 0) is 10.8 Å². The van der Waals surface area contributed by atoms with Crippen molar-refractivity contribution in [2.75, 3.05) is 4.90 Å². The molecule has 65 heavy (non-hydrogen) atoms. The fraction of sp³-hybridized carbons (Fsp3) is 0.0938. The molecule has 0 heterocycles. The van der Waals surface area contributed by atoms with Crippen molar-refractivity contribution in [1.82, 2.24) is 0 Å². The second-order valence-electron chi connectivity index (χ2n) is 18.9. The highest BCUT2D eigenvalue weighted by molar-refractivity contribution is 6.07. The van der Waals surface area contributed by atoms with Crippen molar-refractivity contribution < 1.29 is 0 Å². The van der Waals surface area contributed by atoms with Gasteiger partial charge in [0.15, 0.2) is 0 Å². The van der Waals surface area contributed by atoms with Crippen molar-refractivity contribution in [2.45, 2.75) is 38.5 Å². The Bertz CT molecular complexity index is 3460. The summed E-state index contributed by atoms with van der Waals surface area (Å²) in [6.45, 7) is 9.42. The van der Waals surface area contributed by atoms with Crippen LogP contribution in [0.4, 0.5) is 17.1 Å². The van der Waals surface area contributed by atoms with E-state index < -0.39 is 0 Å². The van der Waals surface area contributed by atoms with Crippen LogP contribution in [0.3, 0.4) is 0 Å². The second kappa shape index (κ2) is 14.9. The smallest absolute Gasteiger partial charge is 0.0540 e. The molecule has 1 heteroatoms. The third-order valence-electron chi connectivity index (χ3n) is 14.5. The van der Waals surface area contributed by atoms with Gasteiger partial charge in [-0.15, -0.1) is 0 Å². The van der Waals surface area contributed by atoms with Gasteiger partial charge in [-0.2, -0.15) is 0 Å². The predicted octanol–water partition coefficient (Wildman–Crippen LogP) is 17.6. The molecule has 1 nitrogen and oxygen atoms in total. The lowest BCUT2D eigenvalue weighted by atomic mass is 9.82. The minimum atomic E-state index is -0.0976. The number of fused-ring (bicyclic) bond motifs is 7. The third kappa shape index (κ3) is 6.14.